The summed E-state index contributed by atoms with van der Waals surface area (Å²) in [6.45, 7) is 5.40. The second-order valence-corrected chi connectivity index (χ2v) is 6.53. The molecule has 2 saturated heterocycles. The number of rotatable bonds is 3. The Morgan fingerprint density at radius 1 is 1.19 bits per heavy atom. The van der Waals surface area contributed by atoms with E-state index in [-0.39, 0.29) is 18.0 Å². The van der Waals surface area contributed by atoms with Gasteiger partial charge in [0, 0.05) is 19.1 Å². The summed E-state index contributed by atoms with van der Waals surface area (Å²) in [6.07, 6.45) is 3.37. The third kappa shape index (κ3) is 4.33. The Morgan fingerprint density at radius 3 is 2.43 bits per heavy atom. The van der Waals surface area contributed by atoms with Crippen LogP contribution < -0.4 is 5.32 Å². The smallest absolute Gasteiger partial charge is 0.317 e. The van der Waals surface area contributed by atoms with Crippen LogP contribution in [0.1, 0.15) is 32.6 Å². The maximum atomic E-state index is 12.2. The number of amides is 2. The molecular weight excluding hydrogens is 270 g/mol. The Morgan fingerprint density at radius 2 is 1.86 bits per heavy atom. The van der Waals surface area contributed by atoms with Gasteiger partial charge in [-0.2, -0.15) is 0 Å². The van der Waals surface area contributed by atoms with Crippen molar-refractivity contribution < 1.29 is 14.7 Å². The lowest BCUT2D eigenvalue weighted by molar-refractivity contribution is -0.143. The Bertz CT molecular complexity index is 380. The zero-order valence-electron chi connectivity index (χ0n) is 13.0. The van der Waals surface area contributed by atoms with E-state index in [1.54, 1.807) is 4.90 Å². The lowest BCUT2D eigenvalue weighted by Crippen LogP contribution is -2.51. The molecule has 0 bridgehead atoms. The molecular formula is C15H27N3O3. The van der Waals surface area contributed by atoms with Crippen LogP contribution in [-0.4, -0.2) is 66.2 Å². The van der Waals surface area contributed by atoms with Crippen molar-refractivity contribution in [2.24, 2.45) is 11.8 Å². The van der Waals surface area contributed by atoms with Crippen molar-refractivity contribution >= 4 is 12.0 Å². The van der Waals surface area contributed by atoms with E-state index in [1.165, 1.54) is 0 Å². The van der Waals surface area contributed by atoms with Gasteiger partial charge in [-0.1, -0.05) is 0 Å². The van der Waals surface area contributed by atoms with Crippen LogP contribution in [0.15, 0.2) is 0 Å². The van der Waals surface area contributed by atoms with E-state index in [0.717, 1.165) is 32.5 Å². The van der Waals surface area contributed by atoms with Crippen molar-refractivity contribution in [3.05, 3.63) is 0 Å². The fourth-order valence-corrected chi connectivity index (χ4v) is 3.30. The van der Waals surface area contributed by atoms with Gasteiger partial charge in [-0.05, 0) is 58.7 Å². The normalized spacial score (nSPS) is 28.4. The number of carboxylic acid groups (broad SMARTS) is 1. The van der Waals surface area contributed by atoms with E-state index >= 15 is 0 Å². The van der Waals surface area contributed by atoms with Crippen molar-refractivity contribution in [3.63, 3.8) is 0 Å². The number of carboxylic acids is 1. The van der Waals surface area contributed by atoms with E-state index in [1.807, 2.05) is 6.92 Å². The number of hydrogen-bond donors (Lipinski definition) is 2. The van der Waals surface area contributed by atoms with Gasteiger partial charge in [0.15, 0.2) is 0 Å². The standard InChI is InChI=1S/C15H27N3O3/c1-11-9-13(14(19)20)5-8-18(11)15(21)16-10-12-3-6-17(2)7-4-12/h11-13H,3-10H2,1-2H3,(H,16,21)(H,19,20). The molecule has 2 rings (SSSR count). The summed E-state index contributed by atoms with van der Waals surface area (Å²) < 4.78 is 0. The highest BCUT2D eigenvalue weighted by molar-refractivity contribution is 5.75. The molecule has 0 aromatic carbocycles. The first-order chi connectivity index (χ1) is 9.97. The Labute approximate surface area is 126 Å². The van der Waals surface area contributed by atoms with Gasteiger partial charge >= 0.3 is 12.0 Å². The average Bonchev–Trinajstić information content (AvgIpc) is 2.46. The summed E-state index contributed by atoms with van der Waals surface area (Å²) in [6, 6.07) is -0.0393. The summed E-state index contributed by atoms with van der Waals surface area (Å²) >= 11 is 0. The maximum Gasteiger partial charge on any atom is 0.317 e. The van der Waals surface area contributed by atoms with Gasteiger partial charge < -0.3 is 20.2 Å². The number of nitrogens with zero attached hydrogens (tertiary/aromatic N) is 2. The molecule has 2 fully saturated rings. The summed E-state index contributed by atoms with van der Waals surface area (Å²) in [5, 5.41) is 12.1. The van der Waals surface area contributed by atoms with Gasteiger partial charge in [-0.15, -0.1) is 0 Å². The van der Waals surface area contributed by atoms with Crippen molar-refractivity contribution in [1.82, 2.24) is 15.1 Å². The molecule has 0 spiro atoms. The van der Waals surface area contributed by atoms with Crippen LogP contribution >= 0.6 is 0 Å². The first-order valence-corrected chi connectivity index (χ1v) is 7.93. The average molecular weight is 297 g/mol. The predicted octanol–water partition coefficient (Wildman–Crippen LogP) is 1.22. The van der Waals surface area contributed by atoms with Crippen LogP contribution in [0.2, 0.25) is 0 Å². The number of carbonyl (C=O) groups is 2. The Balaban J connectivity index is 1.74. The summed E-state index contributed by atoms with van der Waals surface area (Å²) in [5.41, 5.74) is 0. The van der Waals surface area contributed by atoms with E-state index in [2.05, 4.69) is 17.3 Å². The molecule has 0 aliphatic carbocycles. The lowest BCUT2D eigenvalue weighted by Gasteiger charge is -2.37. The van der Waals surface area contributed by atoms with Gasteiger partial charge in [-0.25, -0.2) is 4.79 Å². The van der Waals surface area contributed by atoms with Crippen LogP contribution in [0.25, 0.3) is 0 Å². The number of nitrogens with one attached hydrogen (secondary N) is 1. The molecule has 2 aliphatic rings. The molecule has 0 saturated carbocycles. The predicted molar refractivity (Wildman–Crippen MR) is 80.1 cm³/mol. The van der Waals surface area contributed by atoms with E-state index in [0.29, 0.717) is 25.3 Å². The van der Waals surface area contributed by atoms with Gasteiger partial charge in [0.1, 0.15) is 0 Å². The third-order valence-electron chi connectivity index (χ3n) is 4.87. The third-order valence-corrected chi connectivity index (χ3v) is 4.87. The SMILES string of the molecule is CC1CC(C(=O)O)CCN1C(=O)NCC1CCN(C)CC1. The minimum atomic E-state index is -0.742. The largest absolute Gasteiger partial charge is 0.481 e. The molecule has 2 aliphatic heterocycles. The highest BCUT2D eigenvalue weighted by Crippen LogP contribution is 2.23. The van der Waals surface area contributed by atoms with Crippen molar-refractivity contribution in [2.45, 2.75) is 38.6 Å². The number of likely N-dealkylation sites (tertiary alicyclic amines) is 2. The van der Waals surface area contributed by atoms with Crippen LogP contribution in [-0.2, 0) is 4.79 Å². The summed E-state index contributed by atoms with van der Waals surface area (Å²) in [5.74, 6) is -0.483. The van der Waals surface area contributed by atoms with E-state index in [9.17, 15) is 9.59 Å². The van der Waals surface area contributed by atoms with Gasteiger partial charge in [0.05, 0.1) is 5.92 Å². The molecule has 0 radical (unpaired) electrons. The number of hydrogen-bond acceptors (Lipinski definition) is 3. The van der Waals surface area contributed by atoms with Crippen molar-refractivity contribution in [1.29, 1.82) is 0 Å². The zero-order valence-corrected chi connectivity index (χ0v) is 13.0. The highest BCUT2D eigenvalue weighted by Gasteiger charge is 2.32. The number of carbonyl (C=O) groups excluding carboxylic acids is 1. The molecule has 2 atom stereocenters. The minimum Gasteiger partial charge on any atom is -0.481 e. The highest BCUT2D eigenvalue weighted by atomic mass is 16.4. The first-order valence-electron chi connectivity index (χ1n) is 7.93. The molecule has 0 aromatic rings. The van der Waals surface area contributed by atoms with Gasteiger partial charge in [0.25, 0.3) is 0 Å². The Hall–Kier alpha value is -1.30. The number of urea groups is 1. The fraction of sp³-hybridized carbons (Fsp3) is 0.867. The van der Waals surface area contributed by atoms with Crippen LogP contribution in [0.4, 0.5) is 4.79 Å². The fourth-order valence-electron chi connectivity index (χ4n) is 3.30. The molecule has 21 heavy (non-hydrogen) atoms. The number of piperidine rings is 2. The van der Waals surface area contributed by atoms with Crippen molar-refractivity contribution in [2.75, 3.05) is 33.2 Å². The van der Waals surface area contributed by atoms with Crippen LogP contribution in [0.5, 0.6) is 0 Å². The second kappa shape index (κ2) is 7.11. The van der Waals surface area contributed by atoms with Crippen LogP contribution in [0.3, 0.4) is 0 Å². The monoisotopic (exact) mass is 297 g/mol. The molecule has 0 aromatic heterocycles. The lowest BCUT2D eigenvalue weighted by atomic mass is 9.92. The topological polar surface area (TPSA) is 72.9 Å². The molecule has 120 valence electrons. The second-order valence-electron chi connectivity index (χ2n) is 6.53. The molecule has 2 unspecified atom stereocenters. The molecule has 2 amide bonds. The molecule has 6 heteroatoms. The summed E-state index contributed by atoms with van der Waals surface area (Å²) in [7, 11) is 2.13. The summed E-state index contributed by atoms with van der Waals surface area (Å²) in [4.78, 5) is 27.4. The zero-order chi connectivity index (χ0) is 15.4. The quantitative estimate of drug-likeness (QED) is 0.821. The Kier molecular flexibility index (Phi) is 5.45. The van der Waals surface area contributed by atoms with Crippen molar-refractivity contribution in [3.8, 4) is 0 Å². The van der Waals surface area contributed by atoms with Crippen LogP contribution in [0, 0.1) is 11.8 Å². The van der Waals surface area contributed by atoms with E-state index < -0.39 is 5.97 Å². The van der Waals surface area contributed by atoms with E-state index in [4.69, 9.17) is 5.11 Å². The maximum absolute atomic E-state index is 12.2. The molecule has 2 N–H and O–H groups in total. The minimum absolute atomic E-state index is 0.00246. The first kappa shape index (κ1) is 16.1. The van der Waals surface area contributed by atoms with Gasteiger partial charge in [-0.3, -0.25) is 4.79 Å². The van der Waals surface area contributed by atoms with Gasteiger partial charge in [0.2, 0.25) is 0 Å². The molecule has 6 nitrogen and oxygen atoms in total. The number of aliphatic carboxylic acids is 1. The molecule has 2 heterocycles.